The monoisotopic (exact) mass is 189 g/mol. The zero-order chi connectivity index (χ0) is 9.97. The number of rotatable bonds is 1. The second-order valence-corrected chi connectivity index (χ2v) is 3.23. The molecule has 2 rings (SSSR count). The fourth-order valence-electron chi connectivity index (χ4n) is 1.46. The number of amides is 1. The van der Waals surface area contributed by atoms with E-state index in [4.69, 9.17) is 5.11 Å². The van der Waals surface area contributed by atoms with Crippen LogP contribution >= 0.6 is 0 Å². The van der Waals surface area contributed by atoms with Crippen LogP contribution in [-0.2, 0) is 0 Å². The Hall–Kier alpha value is -1.77. The van der Waals surface area contributed by atoms with E-state index in [-0.39, 0.29) is 0 Å². The lowest BCUT2D eigenvalue weighted by molar-refractivity contribution is 0.142. The van der Waals surface area contributed by atoms with E-state index in [2.05, 4.69) is 0 Å². The van der Waals surface area contributed by atoms with E-state index in [1.165, 1.54) is 4.90 Å². The minimum Gasteiger partial charge on any atom is -0.465 e. The van der Waals surface area contributed by atoms with Gasteiger partial charge in [0.15, 0.2) is 0 Å². The molecule has 0 unspecified atom stereocenters. The van der Waals surface area contributed by atoms with Crippen LogP contribution in [0.2, 0.25) is 0 Å². The van der Waals surface area contributed by atoms with Crippen molar-refractivity contribution >= 4 is 12.2 Å². The van der Waals surface area contributed by atoms with E-state index in [1.807, 2.05) is 36.4 Å². The number of hydrogen-bond donors (Lipinski definition) is 1. The van der Waals surface area contributed by atoms with E-state index >= 15 is 0 Å². The largest absolute Gasteiger partial charge is 0.465 e. The molecule has 1 heterocycles. The van der Waals surface area contributed by atoms with Gasteiger partial charge < -0.3 is 5.11 Å². The van der Waals surface area contributed by atoms with Gasteiger partial charge in [-0.05, 0) is 11.6 Å². The third kappa shape index (κ3) is 1.62. The molecule has 0 atom stereocenters. The summed E-state index contributed by atoms with van der Waals surface area (Å²) in [5.41, 5.74) is 1.93. The predicted molar refractivity (Wildman–Crippen MR) is 53.8 cm³/mol. The molecule has 3 heteroatoms. The molecule has 0 aliphatic carbocycles. The Balaban J connectivity index is 2.16. The van der Waals surface area contributed by atoms with Crippen LogP contribution in [0.1, 0.15) is 12.0 Å². The molecule has 1 saturated heterocycles. The molecule has 1 aromatic rings. The first-order valence-corrected chi connectivity index (χ1v) is 4.53. The maximum Gasteiger partial charge on any atom is 0.411 e. The number of benzene rings is 1. The van der Waals surface area contributed by atoms with Crippen molar-refractivity contribution in [3.63, 3.8) is 0 Å². The molecule has 1 aliphatic heterocycles. The van der Waals surface area contributed by atoms with Gasteiger partial charge in [0.05, 0.1) is 0 Å². The second-order valence-electron chi connectivity index (χ2n) is 3.23. The van der Waals surface area contributed by atoms with Gasteiger partial charge in [-0.1, -0.05) is 30.3 Å². The molecular formula is C11H11NO2. The highest BCUT2D eigenvalue weighted by Crippen LogP contribution is 2.23. The molecule has 0 spiro atoms. The van der Waals surface area contributed by atoms with Gasteiger partial charge in [-0.3, -0.25) is 4.90 Å². The van der Waals surface area contributed by atoms with Gasteiger partial charge in [0, 0.05) is 18.7 Å². The summed E-state index contributed by atoms with van der Waals surface area (Å²) in [5.74, 6) is 0. The normalized spacial score (nSPS) is 18.0. The fourth-order valence-corrected chi connectivity index (χ4v) is 1.46. The Labute approximate surface area is 82.3 Å². The number of nitrogens with zero attached hydrogens (tertiary/aromatic N) is 1. The first kappa shape index (κ1) is 8.81. The van der Waals surface area contributed by atoms with E-state index in [9.17, 15) is 4.79 Å². The summed E-state index contributed by atoms with van der Waals surface area (Å²) < 4.78 is 0. The maximum absolute atomic E-state index is 10.7. The SMILES string of the molecule is O=C(O)N1CCC1=Cc1ccccc1. The van der Waals surface area contributed by atoms with E-state index in [0.29, 0.717) is 6.54 Å². The Kier molecular flexibility index (Phi) is 2.23. The zero-order valence-electron chi connectivity index (χ0n) is 7.68. The van der Waals surface area contributed by atoms with Crippen LogP contribution in [0.5, 0.6) is 0 Å². The van der Waals surface area contributed by atoms with E-state index < -0.39 is 6.09 Å². The van der Waals surface area contributed by atoms with Crippen molar-refractivity contribution in [2.45, 2.75) is 6.42 Å². The lowest BCUT2D eigenvalue weighted by Crippen LogP contribution is -2.38. The number of hydrogen-bond acceptors (Lipinski definition) is 1. The first-order chi connectivity index (χ1) is 6.77. The maximum atomic E-state index is 10.7. The van der Waals surface area contributed by atoms with Crippen molar-refractivity contribution in [2.75, 3.05) is 6.54 Å². The molecule has 1 aromatic carbocycles. The quantitative estimate of drug-likeness (QED) is 0.737. The van der Waals surface area contributed by atoms with Crippen LogP contribution in [-0.4, -0.2) is 22.6 Å². The standard InChI is InChI=1S/C11H11NO2/c13-11(14)12-7-6-10(12)8-9-4-2-1-3-5-9/h1-5,8H,6-7H2,(H,13,14). The molecule has 3 nitrogen and oxygen atoms in total. The summed E-state index contributed by atoms with van der Waals surface area (Å²) in [6, 6.07) is 9.75. The third-order valence-corrected chi connectivity index (χ3v) is 2.30. The first-order valence-electron chi connectivity index (χ1n) is 4.53. The summed E-state index contributed by atoms with van der Waals surface area (Å²) >= 11 is 0. The van der Waals surface area contributed by atoms with Gasteiger partial charge in [0.2, 0.25) is 0 Å². The molecular weight excluding hydrogens is 178 g/mol. The van der Waals surface area contributed by atoms with Crippen LogP contribution in [0.15, 0.2) is 36.0 Å². The third-order valence-electron chi connectivity index (χ3n) is 2.30. The molecule has 0 radical (unpaired) electrons. The van der Waals surface area contributed by atoms with Gasteiger partial charge >= 0.3 is 6.09 Å². The average molecular weight is 189 g/mol. The molecule has 1 N–H and O–H groups in total. The lowest BCUT2D eigenvalue weighted by Gasteiger charge is -2.31. The molecule has 1 fully saturated rings. The highest BCUT2D eigenvalue weighted by atomic mass is 16.4. The van der Waals surface area contributed by atoms with Crippen molar-refractivity contribution in [3.05, 3.63) is 41.6 Å². The summed E-state index contributed by atoms with van der Waals surface area (Å²) in [6.07, 6.45) is 1.90. The van der Waals surface area contributed by atoms with Gasteiger partial charge in [-0.25, -0.2) is 4.79 Å². The van der Waals surface area contributed by atoms with Crippen molar-refractivity contribution in [2.24, 2.45) is 0 Å². The molecule has 1 amide bonds. The van der Waals surface area contributed by atoms with Gasteiger partial charge in [0.1, 0.15) is 0 Å². The Morgan fingerprint density at radius 1 is 1.36 bits per heavy atom. The van der Waals surface area contributed by atoms with E-state index in [1.54, 1.807) is 0 Å². The molecule has 0 bridgehead atoms. The average Bonchev–Trinajstić information content (AvgIpc) is 2.13. The highest BCUT2D eigenvalue weighted by molar-refractivity contribution is 5.72. The van der Waals surface area contributed by atoms with Crippen molar-refractivity contribution in [1.82, 2.24) is 4.90 Å². The number of carbonyl (C=O) groups is 1. The summed E-state index contributed by atoms with van der Waals surface area (Å²) in [6.45, 7) is 0.619. The van der Waals surface area contributed by atoms with Crippen molar-refractivity contribution in [1.29, 1.82) is 0 Å². The zero-order valence-corrected chi connectivity index (χ0v) is 7.68. The van der Waals surface area contributed by atoms with Crippen molar-refractivity contribution < 1.29 is 9.90 Å². The van der Waals surface area contributed by atoms with Crippen LogP contribution in [0.3, 0.4) is 0 Å². The van der Waals surface area contributed by atoms with E-state index in [0.717, 1.165) is 17.7 Å². The number of likely N-dealkylation sites (tertiary alicyclic amines) is 1. The van der Waals surface area contributed by atoms with Crippen LogP contribution in [0, 0.1) is 0 Å². The topological polar surface area (TPSA) is 40.5 Å². The lowest BCUT2D eigenvalue weighted by atomic mass is 10.1. The van der Waals surface area contributed by atoms with Crippen LogP contribution < -0.4 is 0 Å². The number of carboxylic acid groups (broad SMARTS) is 1. The Bertz CT molecular complexity index is 370. The van der Waals surface area contributed by atoms with Gasteiger partial charge in [-0.15, -0.1) is 0 Å². The molecule has 72 valence electrons. The predicted octanol–water partition coefficient (Wildman–Crippen LogP) is 2.41. The Morgan fingerprint density at radius 3 is 2.57 bits per heavy atom. The molecule has 0 aromatic heterocycles. The summed E-state index contributed by atoms with van der Waals surface area (Å²) in [4.78, 5) is 12.0. The smallest absolute Gasteiger partial charge is 0.411 e. The fraction of sp³-hybridized carbons (Fsp3) is 0.182. The minimum atomic E-state index is -0.863. The molecule has 1 aliphatic rings. The minimum absolute atomic E-state index is 0.619. The van der Waals surface area contributed by atoms with Crippen molar-refractivity contribution in [3.8, 4) is 0 Å². The Morgan fingerprint density at radius 2 is 2.07 bits per heavy atom. The molecule has 0 saturated carbocycles. The summed E-state index contributed by atoms with van der Waals surface area (Å²) in [5, 5.41) is 8.77. The molecule has 14 heavy (non-hydrogen) atoms. The second kappa shape index (κ2) is 3.54. The van der Waals surface area contributed by atoms with Crippen LogP contribution in [0.25, 0.3) is 6.08 Å². The summed E-state index contributed by atoms with van der Waals surface area (Å²) in [7, 11) is 0. The van der Waals surface area contributed by atoms with Gasteiger partial charge in [0.25, 0.3) is 0 Å². The van der Waals surface area contributed by atoms with Gasteiger partial charge in [-0.2, -0.15) is 0 Å². The van der Waals surface area contributed by atoms with Crippen LogP contribution in [0.4, 0.5) is 4.79 Å². The highest BCUT2D eigenvalue weighted by Gasteiger charge is 2.25.